The van der Waals surface area contributed by atoms with E-state index in [4.69, 9.17) is 0 Å². The number of rotatable bonds is 4. The second-order valence-electron chi connectivity index (χ2n) is 17.7. The van der Waals surface area contributed by atoms with Gasteiger partial charge in [-0.1, -0.05) is 159 Å². The predicted molar refractivity (Wildman–Crippen MR) is 258 cm³/mol. The lowest BCUT2D eigenvalue weighted by Crippen LogP contribution is -2.61. The summed E-state index contributed by atoms with van der Waals surface area (Å²) in [6.07, 6.45) is 0. The average Bonchev–Trinajstić information content (AvgIpc) is 3.78. The van der Waals surface area contributed by atoms with Gasteiger partial charge in [0, 0.05) is 44.9 Å². The molecule has 0 fully saturated rings. The Balaban J connectivity index is 1.11. The number of aromatic nitrogens is 1. The molecule has 0 saturated heterocycles. The van der Waals surface area contributed by atoms with Gasteiger partial charge in [-0.25, -0.2) is 0 Å². The summed E-state index contributed by atoms with van der Waals surface area (Å²) in [5.74, 6) is 0.220. The van der Waals surface area contributed by atoms with Crippen molar-refractivity contribution in [3.05, 3.63) is 217 Å². The summed E-state index contributed by atoms with van der Waals surface area (Å²) in [7, 11) is 0. The van der Waals surface area contributed by atoms with E-state index in [1.165, 1.54) is 94.2 Å². The fourth-order valence-electron chi connectivity index (χ4n) is 11.9. The Morgan fingerprint density at radius 1 is 0.459 bits per heavy atom. The molecule has 2 atom stereocenters. The van der Waals surface area contributed by atoms with E-state index < -0.39 is 0 Å². The summed E-state index contributed by atoms with van der Waals surface area (Å²) >= 11 is 0. The van der Waals surface area contributed by atoms with Crippen LogP contribution < -0.4 is 20.7 Å². The van der Waals surface area contributed by atoms with Gasteiger partial charge < -0.3 is 14.4 Å². The molecule has 61 heavy (non-hydrogen) atoms. The van der Waals surface area contributed by atoms with Crippen molar-refractivity contribution >= 4 is 78.7 Å². The first-order valence-electron chi connectivity index (χ1n) is 21.6. The van der Waals surface area contributed by atoms with Crippen molar-refractivity contribution in [1.29, 1.82) is 0 Å². The summed E-state index contributed by atoms with van der Waals surface area (Å²) in [5.41, 5.74) is 17.7. The van der Waals surface area contributed by atoms with Crippen molar-refractivity contribution in [2.75, 3.05) is 9.80 Å². The van der Waals surface area contributed by atoms with Gasteiger partial charge >= 0.3 is 0 Å². The van der Waals surface area contributed by atoms with Crippen LogP contribution in [0.5, 0.6) is 0 Å². The Kier molecular flexibility index (Phi) is 7.28. The summed E-state index contributed by atoms with van der Waals surface area (Å²) in [5, 5.41) is 5.22. The van der Waals surface area contributed by atoms with Crippen molar-refractivity contribution in [3.63, 3.8) is 0 Å². The van der Waals surface area contributed by atoms with Gasteiger partial charge in [-0.15, -0.1) is 0 Å². The van der Waals surface area contributed by atoms with Gasteiger partial charge in [-0.05, 0) is 116 Å². The smallest absolute Gasteiger partial charge is 0.223 e. The molecule has 0 bridgehead atoms. The number of benzene rings is 9. The minimum Gasteiger partial charge on any atom is -0.335 e. The second kappa shape index (κ2) is 12.9. The van der Waals surface area contributed by atoms with Gasteiger partial charge in [-0.3, -0.25) is 0 Å². The third kappa shape index (κ3) is 4.82. The van der Waals surface area contributed by atoms with E-state index in [1.807, 2.05) is 0 Å². The zero-order valence-corrected chi connectivity index (χ0v) is 34.2. The molecule has 13 rings (SSSR count). The average molecular weight is 780 g/mol. The van der Waals surface area contributed by atoms with Crippen molar-refractivity contribution in [2.45, 2.75) is 31.1 Å². The molecule has 3 heterocycles. The van der Waals surface area contributed by atoms with Gasteiger partial charge in [0.1, 0.15) is 0 Å². The molecule has 4 heteroatoms. The van der Waals surface area contributed by atoms with Crippen molar-refractivity contribution in [2.24, 2.45) is 0 Å². The highest BCUT2D eigenvalue weighted by Gasteiger charge is 2.60. The second-order valence-corrected chi connectivity index (χ2v) is 17.7. The lowest BCUT2D eigenvalue weighted by atomic mass is 9.26. The van der Waals surface area contributed by atoms with Crippen molar-refractivity contribution in [3.8, 4) is 16.8 Å². The highest BCUT2D eigenvalue weighted by Crippen LogP contribution is 2.63. The van der Waals surface area contributed by atoms with Crippen LogP contribution >= 0.6 is 0 Å². The number of anilines is 5. The first-order valence-corrected chi connectivity index (χ1v) is 21.6. The van der Waals surface area contributed by atoms with Crippen LogP contribution in [0.15, 0.2) is 206 Å². The van der Waals surface area contributed by atoms with Gasteiger partial charge in [0.05, 0.1) is 17.1 Å². The van der Waals surface area contributed by atoms with Crippen LogP contribution in [-0.2, 0) is 5.41 Å². The fourth-order valence-corrected chi connectivity index (χ4v) is 11.9. The largest absolute Gasteiger partial charge is 0.335 e. The first-order chi connectivity index (χ1) is 30.1. The normalized spacial score (nSPS) is 17.0. The molecular formula is C57H42BN3. The Hall–Kier alpha value is -7.30. The molecule has 0 spiro atoms. The van der Waals surface area contributed by atoms with E-state index in [9.17, 15) is 0 Å². The van der Waals surface area contributed by atoms with Crippen LogP contribution in [0.4, 0.5) is 28.4 Å². The molecule has 9 aromatic carbocycles. The van der Waals surface area contributed by atoms with Gasteiger partial charge in [0.15, 0.2) is 0 Å². The summed E-state index contributed by atoms with van der Waals surface area (Å²) in [6, 6.07) is 77.1. The van der Waals surface area contributed by atoms with Crippen LogP contribution in [0.1, 0.15) is 31.0 Å². The van der Waals surface area contributed by atoms with E-state index in [1.54, 1.807) is 0 Å². The number of nitrogens with zero attached hydrogens (tertiary/aromatic N) is 3. The maximum Gasteiger partial charge on any atom is 0.223 e. The summed E-state index contributed by atoms with van der Waals surface area (Å²) < 4.78 is 2.46. The highest BCUT2D eigenvalue weighted by atomic mass is 15.2. The molecule has 3 aliphatic rings. The van der Waals surface area contributed by atoms with E-state index in [0.717, 1.165) is 5.69 Å². The number of hydrogen-bond acceptors (Lipinski definition) is 2. The molecule has 3 nitrogen and oxygen atoms in total. The standard InChI is InChI=1S/C57H42BN3/c1-57(2)53-43-24-10-9-19-38(43)31-33-46(53)55-56(57)58-47-34-32-42(60-48-27-13-11-25-44(48)45-26-12-14-28-49(45)60)36-52(47)59(40-21-7-4-8-22-40)50-29-16-30-51(54(50)58)61(55)41-23-15-20-39(35-41)37-17-5-3-6-18-37/h3-36,55-56H,1-2H3. The van der Waals surface area contributed by atoms with E-state index in [-0.39, 0.29) is 24.0 Å². The van der Waals surface area contributed by atoms with Crippen LogP contribution in [0.3, 0.4) is 0 Å². The van der Waals surface area contributed by atoms with Gasteiger partial charge in [0.25, 0.3) is 0 Å². The van der Waals surface area contributed by atoms with Crippen LogP contribution in [-0.4, -0.2) is 11.3 Å². The van der Waals surface area contributed by atoms with E-state index in [0.29, 0.717) is 0 Å². The van der Waals surface area contributed by atoms with E-state index >= 15 is 0 Å². The predicted octanol–water partition coefficient (Wildman–Crippen LogP) is 13.6. The van der Waals surface area contributed by atoms with Crippen molar-refractivity contribution < 1.29 is 0 Å². The maximum atomic E-state index is 2.72. The van der Waals surface area contributed by atoms with Crippen LogP contribution in [0.25, 0.3) is 49.4 Å². The Bertz CT molecular complexity index is 3330. The Morgan fingerprint density at radius 2 is 1.08 bits per heavy atom. The first kappa shape index (κ1) is 34.6. The number of para-hydroxylation sites is 3. The minimum absolute atomic E-state index is 0.0986. The van der Waals surface area contributed by atoms with Crippen molar-refractivity contribution in [1.82, 2.24) is 4.57 Å². The quantitative estimate of drug-likeness (QED) is 0.165. The van der Waals surface area contributed by atoms with Gasteiger partial charge in [0.2, 0.25) is 6.71 Å². The summed E-state index contributed by atoms with van der Waals surface area (Å²) in [4.78, 5) is 5.26. The Morgan fingerprint density at radius 3 is 1.85 bits per heavy atom. The summed E-state index contributed by atoms with van der Waals surface area (Å²) in [6.45, 7) is 5.20. The molecule has 288 valence electrons. The van der Waals surface area contributed by atoms with Crippen LogP contribution in [0, 0.1) is 0 Å². The minimum atomic E-state index is -0.177. The molecule has 1 aromatic heterocycles. The molecule has 0 amide bonds. The maximum absolute atomic E-state index is 2.72. The lowest BCUT2D eigenvalue weighted by molar-refractivity contribution is 0.470. The zero-order valence-electron chi connectivity index (χ0n) is 34.2. The van der Waals surface area contributed by atoms with Crippen LogP contribution in [0.2, 0.25) is 5.82 Å². The number of fused-ring (bicyclic) bond motifs is 11. The van der Waals surface area contributed by atoms with E-state index in [2.05, 4.69) is 234 Å². The third-order valence-corrected chi connectivity index (χ3v) is 14.3. The SMILES string of the molecule is CC1(C)c2c(ccc3ccccc23)C2C1B1c3ccc(-n4c5ccccc5c5ccccc54)cc3N(c3ccccc3)c3cccc(c31)N2c1cccc(-c2ccccc2)c1. The molecule has 2 unspecified atom stereocenters. The molecule has 0 N–H and O–H groups in total. The molecular weight excluding hydrogens is 737 g/mol. The molecule has 10 aromatic rings. The van der Waals surface area contributed by atoms with Gasteiger partial charge in [-0.2, -0.15) is 0 Å². The molecule has 0 radical (unpaired) electrons. The molecule has 2 aliphatic heterocycles. The lowest BCUT2D eigenvalue weighted by Gasteiger charge is -2.51. The highest BCUT2D eigenvalue weighted by molar-refractivity contribution is 6.91. The monoisotopic (exact) mass is 779 g/mol. The molecule has 1 aliphatic carbocycles. The molecule has 0 saturated carbocycles. The zero-order chi connectivity index (χ0) is 40.4. The number of hydrogen-bond donors (Lipinski definition) is 0. The topological polar surface area (TPSA) is 11.4 Å². The Labute approximate surface area is 356 Å². The third-order valence-electron chi connectivity index (χ3n) is 14.3. The fraction of sp³-hybridized carbons (Fsp3) is 0.0877.